The fourth-order valence-corrected chi connectivity index (χ4v) is 1.84. The molecule has 90 valence electrons. The molecule has 1 atom stereocenters. The SMILES string of the molecule is CN(C(=O)[C@@H]1CCC(=O)N1)c1ccc(O)cc1. The van der Waals surface area contributed by atoms with Crippen molar-refractivity contribution < 1.29 is 14.7 Å². The predicted octanol–water partition coefficient (Wildman–Crippen LogP) is 0.634. The van der Waals surface area contributed by atoms with Crippen molar-refractivity contribution in [1.29, 1.82) is 0 Å². The normalized spacial score (nSPS) is 18.9. The van der Waals surface area contributed by atoms with Crippen LogP contribution in [0.1, 0.15) is 12.8 Å². The number of carbonyl (C=O) groups is 2. The number of phenolic OH excluding ortho intramolecular Hbond substituents is 1. The van der Waals surface area contributed by atoms with Crippen molar-refractivity contribution in [3.63, 3.8) is 0 Å². The Labute approximate surface area is 99.0 Å². The van der Waals surface area contributed by atoms with E-state index in [2.05, 4.69) is 5.32 Å². The molecule has 0 aromatic heterocycles. The highest BCUT2D eigenvalue weighted by atomic mass is 16.3. The van der Waals surface area contributed by atoms with E-state index in [9.17, 15) is 9.59 Å². The van der Waals surface area contributed by atoms with Gasteiger partial charge in [-0.1, -0.05) is 0 Å². The van der Waals surface area contributed by atoms with Crippen molar-refractivity contribution in [3.05, 3.63) is 24.3 Å². The standard InChI is InChI=1S/C12H14N2O3/c1-14(8-2-4-9(15)5-3-8)12(17)10-6-7-11(16)13-10/h2-5,10,15H,6-7H2,1H3,(H,13,16)/t10-/m0/s1. The Morgan fingerprint density at radius 1 is 1.41 bits per heavy atom. The van der Waals surface area contributed by atoms with Crippen LogP contribution in [0.2, 0.25) is 0 Å². The second-order valence-electron chi connectivity index (χ2n) is 4.07. The average Bonchev–Trinajstić information content (AvgIpc) is 2.75. The highest BCUT2D eigenvalue weighted by molar-refractivity contribution is 6.00. The summed E-state index contributed by atoms with van der Waals surface area (Å²) in [5.74, 6) is -0.0623. The molecule has 1 aromatic rings. The number of hydrogen-bond donors (Lipinski definition) is 2. The van der Waals surface area contributed by atoms with E-state index < -0.39 is 6.04 Å². The van der Waals surface area contributed by atoms with Gasteiger partial charge in [0.2, 0.25) is 11.8 Å². The Kier molecular flexibility index (Phi) is 2.99. The van der Waals surface area contributed by atoms with Gasteiger partial charge in [-0.2, -0.15) is 0 Å². The first-order valence-corrected chi connectivity index (χ1v) is 5.44. The number of nitrogens with zero attached hydrogens (tertiary/aromatic N) is 1. The zero-order chi connectivity index (χ0) is 12.4. The summed E-state index contributed by atoms with van der Waals surface area (Å²) in [5.41, 5.74) is 0.689. The van der Waals surface area contributed by atoms with Gasteiger partial charge in [-0.3, -0.25) is 9.59 Å². The van der Waals surface area contributed by atoms with E-state index in [1.807, 2.05) is 0 Å². The maximum absolute atomic E-state index is 12.0. The molecule has 1 aliphatic rings. The molecule has 1 saturated heterocycles. The van der Waals surface area contributed by atoms with Crippen molar-refractivity contribution in [2.45, 2.75) is 18.9 Å². The van der Waals surface area contributed by atoms with Gasteiger partial charge in [-0.05, 0) is 30.7 Å². The summed E-state index contributed by atoms with van der Waals surface area (Å²) in [7, 11) is 1.65. The number of hydrogen-bond acceptors (Lipinski definition) is 3. The lowest BCUT2D eigenvalue weighted by Crippen LogP contribution is -2.42. The molecule has 0 spiro atoms. The molecule has 2 N–H and O–H groups in total. The van der Waals surface area contributed by atoms with Crippen LogP contribution in [0.5, 0.6) is 5.75 Å². The van der Waals surface area contributed by atoms with Crippen LogP contribution >= 0.6 is 0 Å². The molecular formula is C12H14N2O3. The largest absolute Gasteiger partial charge is 0.508 e. The van der Waals surface area contributed by atoms with Crippen LogP contribution in [0.3, 0.4) is 0 Å². The molecule has 1 aromatic carbocycles. The Morgan fingerprint density at radius 2 is 2.06 bits per heavy atom. The molecule has 0 bridgehead atoms. The van der Waals surface area contributed by atoms with Crippen LogP contribution in [-0.4, -0.2) is 30.0 Å². The third-order valence-electron chi connectivity index (χ3n) is 2.86. The average molecular weight is 234 g/mol. The quantitative estimate of drug-likeness (QED) is 0.788. The van der Waals surface area contributed by atoms with E-state index >= 15 is 0 Å². The topological polar surface area (TPSA) is 69.6 Å². The van der Waals surface area contributed by atoms with Crippen LogP contribution in [-0.2, 0) is 9.59 Å². The Hall–Kier alpha value is -2.04. The van der Waals surface area contributed by atoms with Gasteiger partial charge in [-0.15, -0.1) is 0 Å². The Balaban J connectivity index is 2.09. The first-order valence-electron chi connectivity index (χ1n) is 5.44. The predicted molar refractivity (Wildman–Crippen MR) is 62.7 cm³/mol. The lowest BCUT2D eigenvalue weighted by Gasteiger charge is -2.21. The molecule has 2 amide bonds. The lowest BCUT2D eigenvalue weighted by molar-refractivity contribution is -0.123. The lowest BCUT2D eigenvalue weighted by atomic mass is 10.2. The number of anilines is 1. The second-order valence-corrected chi connectivity index (χ2v) is 4.07. The molecular weight excluding hydrogens is 220 g/mol. The van der Waals surface area contributed by atoms with Gasteiger partial charge in [0.05, 0.1) is 0 Å². The van der Waals surface area contributed by atoms with Gasteiger partial charge in [0.1, 0.15) is 11.8 Å². The molecule has 1 aliphatic heterocycles. The van der Waals surface area contributed by atoms with Gasteiger partial charge in [-0.25, -0.2) is 0 Å². The minimum atomic E-state index is -0.429. The molecule has 1 heterocycles. The summed E-state index contributed by atoms with van der Waals surface area (Å²) < 4.78 is 0. The van der Waals surface area contributed by atoms with E-state index in [0.717, 1.165) is 0 Å². The molecule has 0 saturated carbocycles. The monoisotopic (exact) mass is 234 g/mol. The van der Waals surface area contributed by atoms with Gasteiger partial charge in [0.25, 0.3) is 0 Å². The fourth-order valence-electron chi connectivity index (χ4n) is 1.84. The zero-order valence-electron chi connectivity index (χ0n) is 9.51. The van der Waals surface area contributed by atoms with Gasteiger partial charge >= 0.3 is 0 Å². The molecule has 0 radical (unpaired) electrons. The highest BCUT2D eigenvalue weighted by Crippen LogP contribution is 2.19. The van der Waals surface area contributed by atoms with Gasteiger partial charge in [0, 0.05) is 19.2 Å². The number of carbonyl (C=O) groups excluding carboxylic acids is 2. The molecule has 0 aliphatic carbocycles. The van der Waals surface area contributed by atoms with Crippen LogP contribution < -0.4 is 10.2 Å². The zero-order valence-corrected chi connectivity index (χ0v) is 9.51. The maximum atomic E-state index is 12.0. The molecule has 1 fully saturated rings. The van der Waals surface area contributed by atoms with Crippen molar-refractivity contribution in [2.75, 3.05) is 11.9 Å². The smallest absolute Gasteiger partial charge is 0.249 e. The Bertz CT molecular complexity index is 442. The minimum Gasteiger partial charge on any atom is -0.508 e. The first-order chi connectivity index (χ1) is 8.08. The maximum Gasteiger partial charge on any atom is 0.249 e. The summed E-state index contributed by atoms with van der Waals surface area (Å²) in [6.45, 7) is 0. The number of likely N-dealkylation sites (N-methyl/N-ethyl adjacent to an activating group) is 1. The summed E-state index contributed by atoms with van der Waals surface area (Å²) in [4.78, 5) is 24.6. The van der Waals surface area contributed by atoms with E-state index in [-0.39, 0.29) is 17.6 Å². The molecule has 17 heavy (non-hydrogen) atoms. The minimum absolute atomic E-state index is 0.0811. The summed E-state index contributed by atoms with van der Waals surface area (Å²) in [5, 5.41) is 11.8. The third kappa shape index (κ3) is 2.38. The van der Waals surface area contributed by atoms with Crippen molar-refractivity contribution in [3.8, 4) is 5.75 Å². The number of amides is 2. The van der Waals surface area contributed by atoms with Crippen LogP contribution in [0.15, 0.2) is 24.3 Å². The molecule has 5 nitrogen and oxygen atoms in total. The third-order valence-corrected chi connectivity index (χ3v) is 2.86. The van der Waals surface area contributed by atoms with Crippen LogP contribution in [0.4, 0.5) is 5.69 Å². The van der Waals surface area contributed by atoms with Gasteiger partial charge < -0.3 is 15.3 Å². The number of nitrogens with one attached hydrogen (secondary N) is 1. The van der Waals surface area contributed by atoms with Gasteiger partial charge in [0.15, 0.2) is 0 Å². The van der Waals surface area contributed by atoms with Crippen molar-refractivity contribution >= 4 is 17.5 Å². The number of aromatic hydroxyl groups is 1. The van der Waals surface area contributed by atoms with Crippen LogP contribution in [0.25, 0.3) is 0 Å². The Morgan fingerprint density at radius 3 is 2.59 bits per heavy atom. The van der Waals surface area contributed by atoms with E-state index in [4.69, 9.17) is 5.11 Å². The summed E-state index contributed by atoms with van der Waals surface area (Å²) in [6, 6.07) is 5.92. The summed E-state index contributed by atoms with van der Waals surface area (Å²) >= 11 is 0. The fraction of sp³-hybridized carbons (Fsp3) is 0.333. The second kappa shape index (κ2) is 4.45. The highest BCUT2D eigenvalue weighted by Gasteiger charge is 2.29. The molecule has 0 unspecified atom stereocenters. The van der Waals surface area contributed by atoms with Crippen molar-refractivity contribution in [2.24, 2.45) is 0 Å². The number of benzene rings is 1. The van der Waals surface area contributed by atoms with E-state index in [1.165, 1.54) is 17.0 Å². The summed E-state index contributed by atoms with van der Waals surface area (Å²) in [6.07, 6.45) is 0.944. The van der Waals surface area contributed by atoms with E-state index in [0.29, 0.717) is 18.5 Å². The number of rotatable bonds is 2. The van der Waals surface area contributed by atoms with Crippen LogP contribution in [0, 0.1) is 0 Å². The first kappa shape index (κ1) is 11.4. The molecule has 5 heteroatoms. The van der Waals surface area contributed by atoms with Crippen molar-refractivity contribution in [1.82, 2.24) is 5.32 Å². The molecule has 2 rings (SSSR count). The number of phenols is 1. The van der Waals surface area contributed by atoms with E-state index in [1.54, 1.807) is 19.2 Å².